The standard InChI is InChI=1S/C18H20N2/c1-14-3-5-17-10-15(4-6-16(17)9-14)11-20-13-18(12-19)7-2-8-18/h3-6,9-10,20H,2,7-8,11,13H2,1H3. The summed E-state index contributed by atoms with van der Waals surface area (Å²) in [5, 5.41) is 15.2. The minimum atomic E-state index is -0.0893. The van der Waals surface area contributed by atoms with Crippen LogP contribution in [0.15, 0.2) is 36.4 Å². The van der Waals surface area contributed by atoms with Crippen molar-refractivity contribution in [3.63, 3.8) is 0 Å². The maximum absolute atomic E-state index is 9.21. The molecule has 0 unspecified atom stereocenters. The molecule has 2 aromatic carbocycles. The summed E-state index contributed by atoms with van der Waals surface area (Å²) in [6, 6.07) is 15.6. The molecule has 1 aliphatic rings. The second-order valence-corrected chi connectivity index (χ2v) is 6.03. The molecule has 2 heteroatoms. The number of nitrogens with zero attached hydrogens (tertiary/aromatic N) is 1. The lowest BCUT2D eigenvalue weighted by atomic mass is 9.70. The number of nitrogens with one attached hydrogen (secondary N) is 1. The van der Waals surface area contributed by atoms with Crippen LogP contribution in [-0.2, 0) is 6.54 Å². The molecule has 1 saturated carbocycles. The summed E-state index contributed by atoms with van der Waals surface area (Å²) >= 11 is 0. The Morgan fingerprint density at radius 2 is 1.90 bits per heavy atom. The number of aryl methyl sites for hydroxylation is 1. The van der Waals surface area contributed by atoms with Crippen molar-refractivity contribution < 1.29 is 0 Å². The summed E-state index contributed by atoms with van der Waals surface area (Å²) < 4.78 is 0. The Bertz CT molecular complexity index is 663. The van der Waals surface area contributed by atoms with Gasteiger partial charge in [0.25, 0.3) is 0 Å². The number of hydrogen-bond donors (Lipinski definition) is 1. The first kappa shape index (κ1) is 13.1. The van der Waals surface area contributed by atoms with Crippen LogP contribution in [0, 0.1) is 23.7 Å². The fraction of sp³-hybridized carbons (Fsp3) is 0.389. The predicted molar refractivity (Wildman–Crippen MR) is 82.3 cm³/mol. The molecular weight excluding hydrogens is 244 g/mol. The van der Waals surface area contributed by atoms with Gasteiger partial charge >= 0.3 is 0 Å². The second-order valence-electron chi connectivity index (χ2n) is 6.03. The molecule has 0 spiro atoms. The lowest BCUT2D eigenvalue weighted by Gasteiger charge is -2.35. The highest BCUT2D eigenvalue weighted by Crippen LogP contribution is 2.39. The summed E-state index contributed by atoms with van der Waals surface area (Å²) in [7, 11) is 0. The van der Waals surface area contributed by atoms with Crippen LogP contribution in [0.3, 0.4) is 0 Å². The molecule has 3 rings (SSSR count). The SMILES string of the molecule is Cc1ccc2cc(CNCC3(C#N)CCC3)ccc2c1. The Morgan fingerprint density at radius 3 is 2.60 bits per heavy atom. The zero-order valence-corrected chi connectivity index (χ0v) is 11.9. The van der Waals surface area contributed by atoms with E-state index in [4.69, 9.17) is 0 Å². The Hall–Kier alpha value is -1.85. The first-order valence-electron chi connectivity index (χ1n) is 7.32. The third-order valence-corrected chi connectivity index (χ3v) is 4.40. The van der Waals surface area contributed by atoms with Crippen LogP contribution in [0.4, 0.5) is 0 Å². The van der Waals surface area contributed by atoms with Crippen LogP contribution in [0.25, 0.3) is 10.8 Å². The molecule has 1 fully saturated rings. The van der Waals surface area contributed by atoms with Gasteiger partial charge in [-0.05, 0) is 42.2 Å². The van der Waals surface area contributed by atoms with E-state index in [1.807, 2.05) is 0 Å². The van der Waals surface area contributed by atoms with Crippen molar-refractivity contribution in [1.29, 1.82) is 5.26 Å². The third-order valence-electron chi connectivity index (χ3n) is 4.40. The van der Waals surface area contributed by atoms with Crippen LogP contribution >= 0.6 is 0 Å². The molecule has 0 aliphatic heterocycles. The van der Waals surface area contributed by atoms with Gasteiger partial charge in [0, 0.05) is 13.1 Å². The van der Waals surface area contributed by atoms with Crippen molar-refractivity contribution in [2.24, 2.45) is 5.41 Å². The van der Waals surface area contributed by atoms with Gasteiger partial charge in [-0.2, -0.15) is 5.26 Å². The molecule has 0 aromatic heterocycles. The molecule has 102 valence electrons. The summed E-state index contributed by atoms with van der Waals surface area (Å²) in [5.74, 6) is 0. The molecule has 20 heavy (non-hydrogen) atoms. The highest BCUT2D eigenvalue weighted by Gasteiger charge is 2.36. The molecule has 1 N–H and O–H groups in total. The molecule has 0 atom stereocenters. The van der Waals surface area contributed by atoms with Crippen molar-refractivity contribution in [2.45, 2.75) is 32.7 Å². The van der Waals surface area contributed by atoms with E-state index in [-0.39, 0.29) is 5.41 Å². The molecule has 0 bridgehead atoms. The monoisotopic (exact) mass is 264 g/mol. The van der Waals surface area contributed by atoms with E-state index in [2.05, 4.69) is 54.7 Å². The quantitative estimate of drug-likeness (QED) is 0.908. The maximum Gasteiger partial charge on any atom is 0.0703 e. The van der Waals surface area contributed by atoms with Crippen molar-refractivity contribution in [1.82, 2.24) is 5.32 Å². The van der Waals surface area contributed by atoms with Crippen LogP contribution in [0.2, 0.25) is 0 Å². The van der Waals surface area contributed by atoms with Crippen LogP contribution in [0.1, 0.15) is 30.4 Å². The van der Waals surface area contributed by atoms with Gasteiger partial charge in [-0.25, -0.2) is 0 Å². The lowest BCUT2D eigenvalue weighted by molar-refractivity contribution is 0.206. The second kappa shape index (κ2) is 5.26. The van der Waals surface area contributed by atoms with Gasteiger partial charge in [0.2, 0.25) is 0 Å². The van der Waals surface area contributed by atoms with Crippen molar-refractivity contribution in [2.75, 3.05) is 6.54 Å². The zero-order chi connectivity index (χ0) is 14.0. The van der Waals surface area contributed by atoms with Crippen molar-refractivity contribution in [3.05, 3.63) is 47.5 Å². The Morgan fingerprint density at radius 1 is 1.15 bits per heavy atom. The van der Waals surface area contributed by atoms with E-state index < -0.39 is 0 Å². The van der Waals surface area contributed by atoms with Gasteiger partial charge in [-0.15, -0.1) is 0 Å². The van der Waals surface area contributed by atoms with E-state index in [0.717, 1.165) is 25.9 Å². The van der Waals surface area contributed by atoms with Crippen LogP contribution < -0.4 is 5.32 Å². The fourth-order valence-electron chi connectivity index (χ4n) is 2.90. The summed E-state index contributed by atoms with van der Waals surface area (Å²) in [6.45, 7) is 3.78. The minimum Gasteiger partial charge on any atom is -0.311 e. The number of rotatable bonds is 4. The number of nitriles is 1. The highest BCUT2D eigenvalue weighted by atomic mass is 14.9. The van der Waals surface area contributed by atoms with E-state index in [1.165, 1.54) is 28.3 Å². The van der Waals surface area contributed by atoms with Gasteiger partial charge in [0.1, 0.15) is 0 Å². The van der Waals surface area contributed by atoms with Crippen LogP contribution in [-0.4, -0.2) is 6.54 Å². The molecule has 1 aliphatic carbocycles. The van der Waals surface area contributed by atoms with Crippen molar-refractivity contribution >= 4 is 10.8 Å². The first-order chi connectivity index (χ1) is 9.71. The summed E-state index contributed by atoms with van der Waals surface area (Å²) in [4.78, 5) is 0. The maximum atomic E-state index is 9.21. The first-order valence-corrected chi connectivity index (χ1v) is 7.32. The zero-order valence-electron chi connectivity index (χ0n) is 11.9. The Labute approximate surface area is 120 Å². The van der Waals surface area contributed by atoms with Gasteiger partial charge in [-0.3, -0.25) is 0 Å². The van der Waals surface area contributed by atoms with Gasteiger partial charge in [0.15, 0.2) is 0 Å². The van der Waals surface area contributed by atoms with Gasteiger partial charge in [0.05, 0.1) is 11.5 Å². The third kappa shape index (κ3) is 2.55. The van der Waals surface area contributed by atoms with E-state index >= 15 is 0 Å². The largest absolute Gasteiger partial charge is 0.311 e. The van der Waals surface area contributed by atoms with Crippen molar-refractivity contribution in [3.8, 4) is 6.07 Å². The fourth-order valence-corrected chi connectivity index (χ4v) is 2.90. The van der Waals surface area contributed by atoms with E-state index in [9.17, 15) is 5.26 Å². The average Bonchev–Trinajstić information content (AvgIpc) is 2.42. The molecule has 0 saturated heterocycles. The molecule has 0 radical (unpaired) electrons. The number of benzene rings is 2. The molecule has 0 amide bonds. The highest BCUT2D eigenvalue weighted by molar-refractivity contribution is 5.83. The van der Waals surface area contributed by atoms with Gasteiger partial charge < -0.3 is 5.32 Å². The van der Waals surface area contributed by atoms with Crippen LogP contribution in [0.5, 0.6) is 0 Å². The van der Waals surface area contributed by atoms with E-state index in [0.29, 0.717) is 0 Å². The molecular formula is C18H20N2. The number of hydrogen-bond acceptors (Lipinski definition) is 2. The average molecular weight is 264 g/mol. The Balaban J connectivity index is 1.66. The minimum absolute atomic E-state index is 0.0893. The van der Waals surface area contributed by atoms with E-state index in [1.54, 1.807) is 0 Å². The predicted octanol–water partition coefficient (Wildman–Crippen LogP) is 3.93. The molecule has 0 heterocycles. The van der Waals surface area contributed by atoms with Gasteiger partial charge in [-0.1, -0.05) is 42.3 Å². The molecule has 2 nitrogen and oxygen atoms in total. The lowest BCUT2D eigenvalue weighted by Crippen LogP contribution is -2.38. The summed E-state index contributed by atoms with van der Waals surface area (Å²) in [5.41, 5.74) is 2.49. The number of fused-ring (bicyclic) bond motifs is 1. The summed E-state index contributed by atoms with van der Waals surface area (Å²) in [6.07, 6.45) is 3.30. The normalized spacial score (nSPS) is 16.6. The molecule has 2 aromatic rings. The smallest absolute Gasteiger partial charge is 0.0703 e. The Kier molecular flexibility index (Phi) is 3.46. The topological polar surface area (TPSA) is 35.8 Å².